The number of halogens is 1. The fourth-order valence-electron chi connectivity index (χ4n) is 4.32. The third kappa shape index (κ3) is 2.68. The lowest BCUT2D eigenvalue weighted by atomic mass is 9.78. The Bertz CT molecular complexity index is 1200. The SMILES string of the molecule is O=C1C(=O)N2c3ccccc3OC(=O)C2(C2=COCCC2)/C1=C(\O)c1ccc(Br)cc1. The van der Waals surface area contributed by atoms with E-state index in [0.29, 0.717) is 30.6 Å². The van der Waals surface area contributed by atoms with Crippen LogP contribution in [0.3, 0.4) is 0 Å². The number of Topliss-reactive ketones (excluding diaryl/α,β-unsaturated/α-hetero) is 1. The number of hydrogen-bond acceptors (Lipinski definition) is 6. The van der Waals surface area contributed by atoms with Gasteiger partial charge < -0.3 is 14.6 Å². The number of carbonyl (C=O) groups excluding carboxylic acids is 3. The molecule has 0 spiro atoms. The quantitative estimate of drug-likeness (QED) is 0.231. The molecule has 0 aromatic heterocycles. The van der Waals surface area contributed by atoms with E-state index in [9.17, 15) is 19.5 Å². The molecule has 1 N–H and O–H groups in total. The average Bonchev–Trinajstić information content (AvgIpc) is 3.03. The van der Waals surface area contributed by atoms with Crippen molar-refractivity contribution in [3.05, 3.63) is 76.0 Å². The first-order chi connectivity index (χ1) is 15.0. The lowest BCUT2D eigenvalue weighted by molar-refractivity contribution is -0.139. The van der Waals surface area contributed by atoms with Crippen LogP contribution in [0.25, 0.3) is 5.76 Å². The molecular weight excluding hydrogens is 466 g/mol. The summed E-state index contributed by atoms with van der Waals surface area (Å²) in [7, 11) is 0. The zero-order valence-electron chi connectivity index (χ0n) is 16.1. The van der Waals surface area contributed by atoms with Crippen molar-refractivity contribution in [2.45, 2.75) is 18.4 Å². The molecule has 0 aliphatic carbocycles. The number of para-hydroxylation sites is 2. The summed E-state index contributed by atoms with van der Waals surface area (Å²) in [6.45, 7) is 0.449. The average molecular weight is 482 g/mol. The zero-order chi connectivity index (χ0) is 21.8. The normalized spacial score (nSPS) is 24.1. The second kappa shape index (κ2) is 7.09. The van der Waals surface area contributed by atoms with Crippen LogP contribution < -0.4 is 9.64 Å². The van der Waals surface area contributed by atoms with Gasteiger partial charge in [0.2, 0.25) is 5.54 Å². The highest BCUT2D eigenvalue weighted by Crippen LogP contribution is 2.52. The van der Waals surface area contributed by atoms with Crippen molar-refractivity contribution in [1.82, 2.24) is 0 Å². The van der Waals surface area contributed by atoms with Crippen molar-refractivity contribution in [3.63, 3.8) is 0 Å². The first kappa shape index (κ1) is 19.6. The standard InChI is InChI=1S/C23H16BrNO6/c24-15-9-7-13(8-10-15)19(26)18-20(27)21(28)25-16-5-1-2-6-17(16)31-22(29)23(18,25)14-4-3-11-30-12-14/h1-2,5-10,12,26H,3-4,11H2/b19-18-. The summed E-state index contributed by atoms with van der Waals surface area (Å²) in [4.78, 5) is 41.2. The van der Waals surface area contributed by atoms with E-state index in [0.717, 1.165) is 9.37 Å². The first-order valence-corrected chi connectivity index (χ1v) is 10.5. The Hall–Kier alpha value is -3.39. The molecule has 8 heteroatoms. The van der Waals surface area contributed by atoms with Crippen LogP contribution in [0.4, 0.5) is 5.69 Å². The van der Waals surface area contributed by atoms with E-state index in [1.165, 1.54) is 6.26 Å². The highest BCUT2D eigenvalue weighted by molar-refractivity contribution is 9.10. The van der Waals surface area contributed by atoms with E-state index >= 15 is 0 Å². The molecule has 2 aromatic carbocycles. The summed E-state index contributed by atoms with van der Waals surface area (Å²) in [6.07, 6.45) is 2.38. The number of ether oxygens (including phenoxy) is 2. The van der Waals surface area contributed by atoms with Crippen molar-refractivity contribution in [1.29, 1.82) is 0 Å². The molecule has 5 rings (SSSR count). The van der Waals surface area contributed by atoms with Gasteiger partial charge in [-0.15, -0.1) is 0 Å². The van der Waals surface area contributed by atoms with E-state index in [-0.39, 0.29) is 17.0 Å². The Morgan fingerprint density at radius 1 is 1.06 bits per heavy atom. The van der Waals surface area contributed by atoms with Gasteiger partial charge in [-0.2, -0.15) is 0 Å². The summed E-state index contributed by atoms with van der Waals surface area (Å²) in [6, 6.07) is 13.1. The van der Waals surface area contributed by atoms with Crippen LogP contribution in [0.15, 0.2) is 70.4 Å². The summed E-state index contributed by atoms with van der Waals surface area (Å²) in [5.74, 6) is -2.97. The number of rotatable bonds is 2. The zero-order valence-corrected chi connectivity index (χ0v) is 17.7. The molecule has 0 radical (unpaired) electrons. The van der Waals surface area contributed by atoms with Crippen molar-refractivity contribution in [3.8, 4) is 5.75 Å². The number of nitrogens with zero attached hydrogens (tertiary/aromatic N) is 1. The number of aliphatic hydroxyl groups excluding tert-OH is 1. The maximum absolute atomic E-state index is 13.5. The predicted octanol–water partition coefficient (Wildman–Crippen LogP) is 3.69. The van der Waals surface area contributed by atoms with Crippen molar-refractivity contribution in [2.75, 3.05) is 11.5 Å². The molecule has 3 heterocycles. The monoisotopic (exact) mass is 481 g/mol. The Morgan fingerprint density at radius 2 is 1.81 bits per heavy atom. The molecular formula is C23H16BrNO6. The van der Waals surface area contributed by atoms with Gasteiger partial charge in [-0.25, -0.2) is 4.79 Å². The molecule has 31 heavy (non-hydrogen) atoms. The number of amides is 1. The Labute approximate surface area is 185 Å². The molecule has 3 aliphatic heterocycles. The Kier molecular flexibility index (Phi) is 4.48. The molecule has 0 bridgehead atoms. The first-order valence-electron chi connectivity index (χ1n) is 9.67. The second-order valence-corrected chi connectivity index (χ2v) is 8.30. The lowest BCUT2D eigenvalue weighted by Crippen LogP contribution is -2.59. The number of fused-ring (bicyclic) bond motifs is 3. The Morgan fingerprint density at radius 3 is 2.52 bits per heavy atom. The van der Waals surface area contributed by atoms with Gasteiger partial charge in [0.15, 0.2) is 5.75 Å². The van der Waals surface area contributed by atoms with Crippen molar-refractivity contribution >= 4 is 45.0 Å². The highest BCUT2D eigenvalue weighted by atomic mass is 79.9. The Balaban J connectivity index is 1.85. The van der Waals surface area contributed by atoms with Gasteiger partial charge in [-0.05, 0) is 37.1 Å². The minimum absolute atomic E-state index is 0.172. The maximum Gasteiger partial charge on any atom is 0.347 e. The highest BCUT2D eigenvalue weighted by Gasteiger charge is 2.67. The van der Waals surface area contributed by atoms with Gasteiger partial charge in [0, 0.05) is 15.6 Å². The molecule has 1 atom stereocenters. The fourth-order valence-corrected chi connectivity index (χ4v) is 4.58. The van der Waals surface area contributed by atoms with Crippen LogP contribution >= 0.6 is 15.9 Å². The van der Waals surface area contributed by atoms with Crippen LogP contribution in [0.5, 0.6) is 5.75 Å². The summed E-state index contributed by atoms with van der Waals surface area (Å²) in [5, 5.41) is 11.2. The number of esters is 1. The largest absolute Gasteiger partial charge is 0.507 e. The van der Waals surface area contributed by atoms with Gasteiger partial charge >= 0.3 is 11.9 Å². The molecule has 1 amide bonds. The van der Waals surface area contributed by atoms with Gasteiger partial charge in [0.25, 0.3) is 5.78 Å². The van der Waals surface area contributed by atoms with Crippen LogP contribution in [0.2, 0.25) is 0 Å². The third-order valence-electron chi connectivity index (χ3n) is 5.68. The lowest BCUT2D eigenvalue weighted by Gasteiger charge is -2.42. The van der Waals surface area contributed by atoms with Crippen molar-refractivity contribution in [2.24, 2.45) is 0 Å². The van der Waals surface area contributed by atoms with Crippen LogP contribution in [-0.4, -0.2) is 34.9 Å². The van der Waals surface area contributed by atoms with Crippen molar-refractivity contribution < 1.29 is 29.0 Å². The number of anilines is 1. The number of aliphatic hydroxyl groups is 1. The smallest absolute Gasteiger partial charge is 0.347 e. The molecule has 7 nitrogen and oxygen atoms in total. The van der Waals surface area contributed by atoms with E-state index in [1.807, 2.05) is 0 Å². The van der Waals surface area contributed by atoms with Crippen LogP contribution in [0, 0.1) is 0 Å². The maximum atomic E-state index is 13.5. The summed E-state index contributed by atoms with van der Waals surface area (Å²) < 4.78 is 11.8. The second-order valence-electron chi connectivity index (χ2n) is 7.39. The van der Waals surface area contributed by atoms with Gasteiger partial charge in [0.05, 0.1) is 24.1 Å². The third-order valence-corrected chi connectivity index (χ3v) is 6.21. The minimum Gasteiger partial charge on any atom is -0.507 e. The summed E-state index contributed by atoms with van der Waals surface area (Å²) >= 11 is 3.33. The van der Waals surface area contributed by atoms with E-state index in [2.05, 4.69) is 15.9 Å². The van der Waals surface area contributed by atoms with Crippen LogP contribution in [0.1, 0.15) is 18.4 Å². The van der Waals surface area contributed by atoms with Crippen LogP contribution in [-0.2, 0) is 19.1 Å². The topological polar surface area (TPSA) is 93.1 Å². The number of benzene rings is 2. The molecule has 2 aromatic rings. The molecule has 0 saturated carbocycles. The molecule has 3 aliphatic rings. The fraction of sp³-hybridized carbons (Fsp3) is 0.174. The summed E-state index contributed by atoms with van der Waals surface area (Å²) in [5.41, 5.74) is -1.29. The molecule has 156 valence electrons. The number of hydrogen-bond donors (Lipinski definition) is 1. The predicted molar refractivity (Wildman–Crippen MR) is 114 cm³/mol. The van der Waals surface area contributed by atoms with E-state index < -0.39 is 29.0 Å². The van der Waals surface area contributed by atoms with Gasteiger partial charge in [-0.3, -0.25) is 14.5 Å². The van der Waals surface area contributed by atoms with E-state index in [1.54, 1.807) is 48.5 Å². The molecule has 1 fully saturated rings. The van der Waals surface area contributed by atoms with Gasteiger partial charge in [-0.1, -0.05) is 40.2 Å². The molecule has 1 unspecified atom stereocenters. The minimum atomic E-state index is -1.93. The van der Waals surface area contributed by atoms with E-state index in [4.69, 9.17) is 9.47 Å². The molecule has 1 saturated heterocycles. The number of carbonyl (C=O) groups is 3. The number of ketones is 1. The van der Waals surface area contributed by atoms with Gasteiger partial charge in [0.1, 0.15) is 5.76 Å².